The first-order valence-electron chi connectivity index (χ1n) is 4.37. The lowest BCUT2D eigenvalue weighted by Gasteiger charge is -2.27. The van der Waals surface area contributed by atoms with Gasteiger partial charge in [0.2, 0.25) is 5.13 Å². The van der Waals surface area contributed by atoms with Crippen molar-refractivity contribution < 1.29 is 0 Å². The van der Waals surface area contributed by atoms with Crippen molar-refractivity contribution in [2.75, 3.05) is 5.32 Å². The number of hydrogen-bond donors (Lipinski definition) is 1. The van der Waals surface area contributed by atoms with Gasteiger partial charge in [0.15, 0.2) is 3.92 Å². The Hall–Kier alpha value is -0.160. The summed E-state index contributed by atoms with van der Waals surface area (Å²) in [6, 6.07) is 0. The van der Waals surface area contributed by atoms with Crippen LogP contribution in [0.5, 0.6) is 0 Å². The van der Waals surface area contributed by atoms with Crippen molar-refractivity contribution in [1.82, 2.24) is 10.2 Å². The van der Waals surface area contributed by atoms with Crippen LogP contribution in [0.3, 0.4) is 0 Å². The second-order valence-corrected chi connectivity index (χ2v) is 5.51. The third-order valence-corrected chi connectivity index (χ3v) is 3.64. The van der Waals surface area contributed by atoms with Crippen molar-refractivity contribution >= 4 is 32.4 Å². The number of anilines is 1. The zero-order chi connectivity index (χ0) is 9.90. The van der Waals surface area contributed by atoms with Crippen molar-refractivity contribution in [3.05, 3.63) is 3.92 Å². The molecule has 1 aromatic rings. The highest BCUT2D eigenvalue weighted by Gasteiger charge is 2.20. The highest BCUT2D eigenvalue weighted by atomic mass is 79.9. The van der Waals surface area contributed by atoms with Gasteiger partial charge in [0.1, 0.15) is 0 Å². The molecule has 0 spiro atoms. The lowest BCUT2D eigenvalue weighted by Crippen LogP contribution is -2.32. The molecule has 0 amide bonds. The molecule has 0 radical (unpaired) electrons. The molecule has 0 saturated heterocycles. The van der Waals surface area contributed by atoms with Gasteiger partial charge in [-0.15, -0.1) is 10.2 Å². The first-order chi connectivity index (χ1) is 6.09. The summed E-state index contributed by atoms with van der Waals surface area (Å²) < 4.78 is 0.824. The van der Waals surface area contributed by atoms with Crippen LogP contribution >= 0.6 is 27.3 Å². The van der Waals surface area contributed by atoms with E-state index in [1.54, 1.807) is 0 Å². The summed E-state index contributed by atoms with van der Waals surface area (Å²) in [5.74, 6) is 0. The summed E-state index contributed by atoms with van der Waals surface area (Å²) in [6.07, 6.45) is 2.17. The molecule has 0 aliphatic heterocycles. The molecule has 1 N–H and O–H groups in total. The van der Waals surface area contributed by atoms with E-state index in [1.165, 1.54) is 11.3 Å². The highest BCUT2D eigenvalue weighted by molar-refractivity contribution is 9.11. The zero-order valence-electron chi connectivity index (χ0n) is 8.09. The summed E-state index contributed by atoms with van der Waals surface area (Å²) >= 11 is 4.82. The van der Waals surface area contributed by atoms with Crippen molar-refractivity contribution in [2.45, 2.75) is 39.2 Å². The van der Waals surface area contributed by atoms with Crippen LogP contribution < -0.4 is 5.32 Å². The molecule has 0 bridgehead atoms. The summed E-state index contributed by atoms with van der Waals surface area (Å²) in [5, 5.41) is 12.2. The van der Waals surface area contributed by atoms with Crippen LogP contribution in [0.4, 0.5) is 5.13 Å². The molecule has 5 heteroatoms. The van der Waals surface area contributed by atoms with Crippen LogP contribution in [0.25, 0.3) is 0 Å². The molecule has 0 aromatic carbocycles. The molecule has 0 fully saturated rings. The van der Waals surface area contributed by atoms with E-state index in [4.69, 9.17) is 0 Å². The molecule has 0 atom stereocenters. The van der Waals surface area contributed by atoms with E-state index < -0.39 is 0 Å². The Kier molecular flexibility index (Phi) is 3.67. The normalized spacial score (nSPS) is 11.7. The molecule has 3 nitrogen and oxygen atoms in total. The highest BCUT2D eigenvalue weighted by Crippen LogP contribution is 2.26. The first-order valence-corrected chi connectivity index (χ1v) is 5.98. The lowest BCUT2D eigenvalue weighted by atomic mass is 9.96. The molecule has 13 heavy (non-hydrogen) atoms. The van der Waals surface area contributed by atoms with Gasteiger partial charge < -0.3 is 5.32 Å². The molecule has 1 rings (SSSR count). The zero-order valence-corrected chi connectivity index (χ0v) is 10.5. The molecule has 0 saturated carbocycles. The predicted molar refractivity (Wildman–Crippen MR) is 60.2 cm³/mol. The van der Waals surface area contributed by atoms with Gasteiger partial charge in [-0.3, -0.25) is 0 Å². The van der Waals surface area contributed by atoms with E-state index in [0.717, 1.165) is 21.9 Å². The van der Waals surface area contributed by atoms with Crippen LogP contribution in [0.15, 0.2) is 3.92 Å². The van der Waals surface area contributed by atoms with E-state index in [1.807, 2.05) is 0 Å². The van der Waals surface area contributed by atoms with Gasteiger partial charge in [0.25, 0.3) is 0 Å². The minimum absolute atomic E-state index is 0.138. The molecule has 1 aromatic heterocycles. The number of nitrogens with one attached hydrogen (secondary N) is 1. The molecule has 0 aliphatic carbocycles. The van der Waals surface area contributed by atoms with E-state index in [9.17, 15) is 0 Å². The van der Waals surface area contributed by atoms with Crippen LogP contribution in [-0.2, 0) is 0 Å². The Morgan fingerprint density at radius 2 is 2.00 bits per heavy atom. The van der Waals surface area contributed by atoms with Crippen LogP contribution in [0, 0.1) is 0 Å². The number of rotatable bonds is 4. The number of halogens is 1. The average Bonchev–Trinajstić information content (AvgIpc) is 2.51. The Labute approximate surface area is 91.1 Å². The molecule has 1 heterocycles. The Balaban J connectivity index is 2.67. The smallest absolute Gasteiger partial charge is 0.206 e. The second-order valence-electron chi connectivity index (χ2n) is 3.25. The Bertz CT molecular complexity index is 270. The SMILES string of the molecule is CCC(C)(CC)Nc1nnc(Br)s1. The van der Waals surface area contributed by atoms with Crippen molar-refractivity contribution in [3.8, 4) is 0 Å². The predicted octanol–water partition coefficient (Wildman–Crippen LogP) is 3.29. The summed E-state index contributed by atoms with van der Waals surface area (Å²) in [5.41, 5.74) is 0.138. The molecular weight excluding hydrogens is 250 g/mol. The maximum Gasteiger partial charge on any atom is 0.206 e. The molecule has 0 unspecified atom stereocenters. The van der Waals surface area contributed by atoms with Gasteiger partial charge in [0, 0.05) is 5.54 Å². The minimum Gasteiger partial charge on any atom is -0.355 e. The second kappa shape index (κ2) is 4.37. The minimum atomic E-state index is 0.138. The fraction of sp³-hybridized carbons (Fsp3) is 0.750. The standard InChI is InChI=1S/C8H14BrN3S/c1-4-8(3,5-2)10-7-12-11-6(9)13-7/h4-5H2,1-3H3,(H,10,12). The quantitative estimate of drug-likeness (QED) is 0.906. The number of hydrogen-bond acceptors (Lipinski definition) is 4. The Morgan fingerprint density at radius 3 is 2.38 bits per heavy atom. The fourth-order valence-electron chi connectivity index (χ4n) is 0.941. The third kappa shape index (κ3) is 2.91. The van der Waals surface area contributed by atoms with Crippen LogP contribution in [-0.4, -0.2) is 15.7 Å². The summed E-state index contributed by atoms with van der Waals surface area (Å²) in [6.45, 7) is 6.54. The number of aromatic nitrogens is 2. The van der Waals surface area contributed by atoms with Gasteiger partial charge in [-0.1, -0.05) is 25.2 Å². The van der Waals surface area contributed by atoms with Crippen molar-refractivity contribution in [3.63, 3.8) is 0 Å². The van der Waals surface area contributed by atoms with Gasteiger partial charge in [-0.2, -0.15) is 0 Å². The third-order valence-electron chi connectivity index (χ3n) is 2.37. The Morgan fingerprint density at radius 1 is 1.38 bits per heavy atom. The van der Waals surface area contributed by atoms with E-state index in [-0.39, 0.29) is 5.54 Å². The largest absolute Gasteiger partial charge is 0.355 e. The maximum atomic E-state index is 4.01. The average molecular weight is 264 g/mol. The summed E-state index contributed by atoms with van der Waals surface area (Å²) in [4.78, 5) is 0. The molecular formula is C8H14BrN3S. The fourth-order valence-corrected chi connectivity index (χ4v) is 2.10. The van der Waals surface area contributed by atoms with Gasteiger partial charge >= 0.3 is 0 Å². The maximum absolute atomic E-state index is 4.01. The monoisotopic (exact) mass is 263 g/mol. The van der Waals surface area contributed by atoms with E-state index >= 15 is 0 Å². The van der Waals surface area contributed by atoms with Crippen molar-refractivity contribution in [2.24, 2.45) is 0 Å². The van der Waals surface area contributed by atoms with E-state index in [2.05, 4.69) is 52.2 Å². The first kappa shape index (κ1) is 10.9. The van der Waals surface area contributed by atoms with Gasteiger partial charge in [-0.25, -0.2) is 0 Å². The number of nitrogens with zero attached hydrogens (tertiary/aromatic N) is 2. The summed E-state index contributed by atoms with van der Waals surface area (Å²) in [7, 11) is 0. The lowest BCUT2D eigenvalue weighted by molar-refractivity contribution is 0.478. The molecule has 74 valence electrons. The van der Waals surface area contributed by atoms with Crippen LogP contribution in [0.1, 0.15) is 33.6 Å². The van der Waals surface area contributed by atoms with Crippen molar-refractivity contribution in [1.29, 1.82) is 0 Å². The van der Waals surface area contributed by atoms with E-state index in [0.29, 0.717) is 0 Å². The van der Waals surface area contributed by atoms with Gasteiger partial charge in [-0.05, 0) is 35.7 Å². The van der Waals surface area contributed by atoms with Gasteiger partial charge in [0.05, 0.1) is 0 Å². The van der Waals surface area contributed by atoms with Crippen LogP contribution in [0.2, 0.25) is 0 Å². The topological polar surface area (TPSA) is 37.8 Å². The molecule has 0 aliphatic rings.